The molecule has 2 aromatic heterocycles. The van der Waals surface area contributed by atoms with Crippen molar-refractivity contribution in [2.24, 2.45) is 0 Å². The van der Waals surface area contributed by atoms with Crippen LogP contribution in [0, 0.1) is 6.92 Å². The number of aryl methyl sites for hydroxylation is 1. The molecule has 0 fully saturated rings. The zero-order valence-electron chi connectivity index (χ0n) is 12.9. The maximum Gasteiger partial charge on any atom is 0.163 e. The first-order valence-corrected chi connectivity index (χ1v) is 8.06. The van der Waals surface area contributed by atoms with E-state index in [2.05, 4.69) is 52.0 Å². The Morgan fingerprint density at radius 1 is 1.24 bits per heavy atom. The van der Waals surface area contributed by atoms with Gasteiger partial charge in [-0.1, -0.05) is 20.8 Å². The van der Waals surface area contributed by atoms with Gasteiger partial charge in [-0.3, -0.25) is 4.98 Å². The van der Waals surface area contributed by atoms with E-state index in [1.807, 2.05) is 25.3 Å². The van der Waals surface area contributed by atoms with Crippen molar-refractivity contribution in [1.29, 1.82) is 0 Å². The van der Waals surface area contributed by atoms with E-state index < -0.39 is 0 Å². The number of pyridine rings is 1. The molecule has 0 atom stereocenters. The zero-order chi connectivity index (χ0) is 15.4. The highest BCUT2D eigenvalue weighted by atomic mass is 79.9. The summed E-state index contributed by atoms with van der Waals surface area (Å²) in [5, 5.41) is 3.36. The van der Waals surface area contributed by atoms with Crippen LogP contribution in [0.1, 0.15) is 44.5 Å². The van der Waals surface area contributed by atoms with Crippen LogP contribution in [-0.4, -0.2) is 21.5 Å². The monoisotopic (exact) mass is 348 g/mol. The summed E-state index contributed by atoms with van der Waals surface area (Å²) in [5.41, 5.74) is 2.94. The maximum atomic E-state index is 4.70. The maximum absolute atomic E-state index is 4.70. The molecule has 2 heterocycles. The minimum absolute atomic E-state index is 0.321. The molecular weight excluding hydrogens is 328 g/mol. The minimum atomic E-state index is 0.321. The van der Waals surface area contributed by atoms with Crippen LogP contribution in [-0.2, 0) is 0 Å². The summed E-state index contributed by atoms with van der Waals surface area (Å²) >= 11 is 3.63. The first-order chi connectivity index (χ1) is 10.0. The summed E-state index contributed by atoms with van der Waals surface area (Å²) in [6.07, 6.45) is 2.88. The molecule has 0 saturated carbocycles. The highest BCUT2D eigenvalue weighted by Crippen LogP contribution is 2.31. The van der Waals surface area contributed by atoms with E-state index in [1.54, 1.807) is 0 Å². The van der Waals surface area contributed by atoms with Crippen LogP contribution in [0.2, 0.25) is 0 Å². The Kier molecular flexibility index (Phi) is 5.28. The molecule has 0 aromatic carbocycles. The third kappa shape index (κ3) is 3.79. The van der Waals surface area contributed by atoms with Crippen molar-refractivity contribution in [2.75, 3.05) is 11.9 Å². The van der Waals surface area contributed by atoms with Gasteiger partial charge in [-0.15, -0.1) is 0 Å². The third-order valence-electron chi connectivity index (χ3n) is 3.14. The van der Waals surface area contributed by atoms with Crippen molar-refractivity contribution >= 4 is 21.7 Å². The van der Waals surface area contributed by atoms with Gasteiger partial charge in [0, 0.05) is 24.0 Å². The fraction of sp³-hybridized carbons (Fsp3) is 0.438. The predicted octanol–water partition coefficient (Wildman–Crippen LogP) is 4.55. The topological polar surface area (TPSA) is 50.7 Å². The van der Waals surface area contributed by atoms with Crippen LogP contribution in [0.5, 0.6) is 0 Å². The predicted molar refractivity (Wildman–Crippen MR) is 90.6 cm³/mol. The quantitative estimate of drug-likeness (QED) is 0.860. The minimum Gasteiger partial charge on any atom is -0.369 e. The van der Waals surface area contributed by atoms with E-state index in [9.17, 15) is 0 Å². The molecule has 2 aromatic rings. The highest BCUT2D eigenvalue weighted by Gasteiger charge is 2.15. The number of hydrogen-bond acceptors (Lipinski definition) is 4. The summed E-state index contributed by atoms with van der Waals surface area (Å²) in [6.45, 7) is 9.26. The summed E-state index contributed by atoms with van der Waals surface area (Å²) < 4.78 is 0.953. The first-order valence-electron chi connectivity index (χ1n) is 7.27. The van der Waals surface area contributed by atoms with Crippen molar-refractivity contribution < 1.29 is 0 Å². The van der Waals surface area contributed by atoms with Crippen molar-refractivity contribution in [3.8, 4) is 11.4 Å². The zero-order valence-corrected chi connectivity index (χ0v) is 14.5. The van der Waals surface area contributed by atoms with E-state index in [4.69, 9.17) is 4.98 Å². The second-order valence-electron chi connectivity index (χ2n) is 5.36. The number of hydrogen-bond donors (Lipinski definition) is 1. The van der Waals surface area contributed by atoms with Gasteiger partial charge in [0.1, 0.15) is 5.82 Å². The molecule has 0 aliphatic heterocycles. The van der Waals surface area contributed by atoms with E-state index >= 15 is 0 Å². The molecule has 0 radical (unpaired) electrons. The van der Waals surface area contributed by atoms with E-state index in [0.717, 1.165) is 40.2 Å². The Labute approximate surface area is 134 Å². The molecule has 0 bridgehead atoms. The molecular formula is C16H21BrN4. The molecule has 2 rings (SSSR count). The Morgan fingerprint density at radius 2 is 2.00 bits per heavy atom. The smallest absolute Gasteiger partial charge is 0.163 e. The molecule has 5 heteroatoms. The largest absolute Gasteiger partial charge is 0.369 e. The number of nitrogens with one attached hydrogen (secondary N) is 1. The van der Waals surface area contributed by atoms with Crippen LogP contribution >= 0.6 is 15.9 Å². The van der Waals surface area contributed by atoms with Crippen LogP contribution in [0.25, 0.3) is 11.4 Å². The lowest BCUT2D eigenvalue weighted by Crippen LogP contribution is -2.08. The normalized spacial score (nSPS) is 11.0. The molecule has 21 heavy (non-hydrogen) atoms. The average molecular weight is 349 g/mol. The SMILES string of the molecule is CCCNc1nc(-c2ccc(C)nc2)nc(C(C)C)c1Br. The third-order valence-corrected chi connectivity index (χ3v) is 3.92. The molecule has 0 spiro atoms. The van der Waals surface area contributed by atoms with Gasteiger partial charge in [0.15, 0.2) is 5.82 Å². The molecule has 112 valence electrons. The van der Waals surface area contributed by atoms with Crippen LogP contribution in [0.15, 0.2) is 22.8 Å². The van der Waals surface area contributed by atoms with Crippen LogP contribution < -0.4 is 5.32 Å². The average Bonchev–Trinajstić information content (AvgIpc) is 2.47. The van der Waals surface area contributed by atoms with Crippen LogP contribution in [0.3, 0.4) is 0 Å². The summed E-state index contributed by atoms with van der Waals surface area (Å²) in [5.74, 6) is 1.89. The Bertz CT molecular complexity index is 608. The van der Waals surface area contributed by atoms with Crippen molar-refractivity contribution in [3.05, 3.63) is 34.2 Å². The van der Waals surface area contributed by atoms with Crippen molar-refractivity contribution in [3.63, 3.8) is 0 Å². The molecule has 0 aliphatic carbocycles. The van der Waals surface area contributed by atoms with Gasteiger partial charge >= 0.3 is 0 Å². The van der Waals surface area contributed by atoms with E-state index in [-0.39, 0.29) is 0 Å². The fourth-order valence-corrected chi connectivity index (χ4v) is 2.71. The van der Waals surface area contributed by atoms with Gasteiger partial charge in [0.05, 0.1) is 10.2 Å². The number of nitrogens with zero attached hydrogens (tertiary/aromatic N) is 3. The van der Waals surface area contributed by atoms with Crippen molar-refractivity contribution in [1.82, 2.24) is 15.0 Å². The summed E-state index contributed by atoms with van der Waals surface area (Å²) in [4.78, 5) is 13.7. The molecule has 0 unspecified atom stereocenters. The van der Waals surface area contributed by atoms with Gasteiger partial charge in [-0.25, -0.2) is 9.97 Å². The van der Waals surface area contributed by atoms with Gasteiger partial charge in [-0.05, 0) is 47.3 Å². The van der Waals surface area contributed by atoms with E-state index in [1.165, 1.54) is 0 Å². The van der Waals surface area contributed by atoms with Gasteiger partial charge < -0.3 is 5.32 Å². The lowest BCUT2D eigenvalue weighted by molar-refractivity contribution is 0.808. The number of aromatic nitrogens is 3. The standard InChI is InChI=1S/C16H21BrN4/c1-5-8-18-16-13(17)14(10(2)3)20-15(21-16)12-7-6-11(4)19-9-12/h6-7,9-10H,5,8H2,1-4H3,(H,18,20,21). The molecule has 4 nitrogen and oxygen atoms in total. The fourth-order valence-electron chi connectivity index (χ4n) is 1.94. The van der Waals surface area contributed by atoms with Crippen LogP contribution in [0.4, 0.5) is 5.82 Å². The summed E-state index contributed by atoms with van der Waals surface area (Å²) in [6, 6.07) is 3.99. The molecule has 0 amide bonds. The van der Waals surface area contributed by atoms with E-state index in [0.29, 0.717) is 11.7 Å². The first kappa shape index (κ1) is 15.9. The van der Waals surface area contributed by atoms with Crippen molar-refractivity contribution in [2.45, 2.75) is 40.0 Å². The summed E-state index contributed by atoms with van der Waals surface area (Å²) in [7, 11) is 0. The molecule has 0 saturated heterocycles. The molecule has 1 N–H and O–H groups in total. The van der Waals surface area contributed by atoms with Gasteiger partial charge in [-0.2, -0.15) is 0 Å². The number of halogens is 1. The second-order valence-corrected chi connectivity index (χ2v) is 6.16. The number of rotatable bonds is 5. The Balaban J connectivity index is 2.50. The van der Waals surface area contributed by atoms with Gasteiger partial charge in [0.25, 0.3) is 0 Å². The Hall–Kier alpha value is -1.49. The lowest BCUT2D eigenvalue weighted by atomic mass is 10.1. The lowest BCUT2D eigenvalue weighted by Gasteiger charge is -2.14. The molecule has 0 aliphatic rings. The van der Waals surface area contributed by atoms with Gasteiger partial charge in [0.2, 0.25) is 0 Å². The number of anilines is 1. The second kappa shape index (κ2) is 6.98. The highest BCUT2D eigenvalue weighted by molar-refractivity contribution is 9.10. The Morgan fingerprint density at radius 3 is 2.57 bits per heavy atom.